The zero-order valence-electron chi connectivity index (χ0n) is 18.1. The standard InChI is InChI=1S/C23H34N4O2/c1-23(2,3)20-15-26-21(29-20)16-27-22(24-4)25-14-13-17-9-11-19(12-10-17)28-18-7-5-6-8-18/h9-12,15,18H,5-8,13-14,16H2,1-4H3,(H2,24,25,27). The highest BCUT2D eigenvalue weighted by atomic mass is 16.5. The molecule has 1 heterocycles. The van der Waals surface area contributed by atoms with Crippen LogP contribution in [0.5, 0.6) is 5.75 Å². The number of benzene rings is 1. The molecule has 1 aliphatic carbocycles. The fraction of sp³-hybridized carbons (Fsp3) is 0.565. The molecule has 1 fully saturated rings. The van der Waals surface area contributed by atoms with E-state index >= 15 is 0 Å². The van der Waals surface area contributed by atoms with Crippen molar-refractivity contribution in [3.63, 3.8) is 0 Å². The number of aromatic nitrogens is 1. The molecule has 0 bridgehead atoms. The van der Waals surface area contributed by atoms with Gasteiger partial charge in [-0.3, -0.25) is 4.99 Å². The summed E-state index contributed by atoms with van der Waals surface area (Å²) in [5, 5.41) is 6.59. The monoisotopic (exact) mass is 398 g/mol. The van der Waals surface area contributed by atoms with Crippen LogP contribution in [0.1, 0.15) is 63.7 Å². The van der Waals surface area contributed by atoms with Crippen LogP contribution in [0, 0.1) is 0 Å². The fourth-order valence-corrected chi connectivity index (χ4v) is 3.38. The molecule has 0 atom stereocenters. The number of nitrogens with one attached hydrogen (secondary N) is 2. The number of ether oxygens (including phenoxy) is 1. The van der Waals surface area contributed by atoms with Gasteiger partial charge in [0, 0.05) is 19.0 Å². The maximum atomic E-state index is 6.03. The van der Waals surface area contributed by atoms with Crippen molar-refractivity contribution in [3.05, 3.63) is 47.7 Å². The van der Waals surface area contributed by atoms with E-state index < -0.39 is 0 Å². The lowest BCUT2D eigenvalue weighted by Crippen LogP contribution is -2.37. The molecule has 2 aromatic rings. The Bertz CT molecular complexity index is 784. The molecule has 3 rings (SSSR count). The molecule has 1 saturated carbocycles. The first-order valence-electron chi connectivity index (χ1n) is 10.6. The summed E-state index contributed by atoms with van der Waals surface area (Å²) in [6, 6.07) is 8.44. The van der Waals surface area contributed by atoms with Crippen molar-refractivity contribution in [1.29, 1.82) is 0 Å². The van der Waals surface area contributed by atoms with Crippen molar-refractivity contribution in [2.75, 3.05) is 13.6 Å². The number of rotatable bonds is 7. The summed E-state index contributed by atoms with van der Waals surface area (Å²) in [5.41, 5.74) is 1.23. The van der Waals surface area contributed by atoms with Crippen molar-refractivity contribution < 1.29 is 9.15 Å². The molecule has 0 unspecified atom stereocenters. The molecular weight excluding hydrogens is 364 g/mol. The first-order chi connectivity index (χ1) is 13.9. The van der Waals surface area contributed by atoms with Crippen LogP contribution >= 0.6 is 0 Å². The first kappa shape index (κ1) is 21.2. The van der Waals surface area contributed by atoms with Crippen molar-refractivity contribution in [1.82, 2.24) is 15.6 Å². The average molecular weight is 399 g/mol. The predicted octanol–water partition coefficient (Wildman–Crippen LogP) is 4.20. The Kier molecular flexibility index (Phi) is 7.18. The average Bonchev–Trinajstić information content (AvgIpc) is 3.37. The van der Waals surface area contributed by atoms with Gasteiger partial charge in [-0.2, -0.15) is 0 Å². The number of oxazole rings is 1. The van der Waals surface area contributed by atoms with E-state index in [-0.39, 0.29) is 5.41 Å². The van der Waals surface area contributed by atoms with E-state index in [9.17, 15) is 0 Å². The van der Waals surface area contributed by atoms with Gasteiger partial charge in [-0.1, -0.05) is 32.9 Å². The van der Waals surface area contributed by atoms with E-state index in [2.05, 4.69) is 65.6 Å². The molecule has 0 aliphatic heterocycles. The van der Waals surface area contributed by atoms with E-state index in [1.54, 1.807) is 13.2 Å². The molecule has 2 N–H and O–H groups in total. The number of guanidine groups is 1. The molecular formula is C23H34N4O2. The van der Waals surface area contributed by atoms with Gasteiger partial charge in [-0.05, 0) is 49.8 Å². The predicted molar refractivity (Wildman–Crippen MR) is 116 cm³/mol. The summed E-state index contributed by atoms with van der Waals surface area (Å²) >= 11 is 0. The van der Waals surface area contributed by atoms with Crippen LogP contribution in [-0.2, 0) is 18.4 Å². The Balaban J connectivity index is 1.39. The summed E-state index contributed by atoms with van der Waals surface area (Å²) in [6.07, 6.45) is 8.06. The van der Waals surface area contributed by atoms with E-state index in [0.29, 0.717) is 18.5 Å². The Hall–Kier alpha value is -2.50. The number of aliphatic imine (C=N–C) groups is 1. The van der Waals surface area contributed by atoms with Crippen molar-refractivity contribution in [2.24, 2.45) is 4.99 Å². The second-order valence-corrected chi connectivity index (χ2v) is 8.64. The summed E-state index contributed by atoms with van der Waals surface area (Å²) in [6.45, 7) is 7.63. The van der Waals surface area contributed by atoms with Crippen LogP contribution in [0.3, 0.4) is 0 Å². The third-order valence-electron chi connectivity index (χ3n) is 5.16. The van der Waals surface area contributed by atoms with Gasteiger partial charge in [0.25, 0.3) is 0 Å². The quantitative estimate of drug-likeness (QED) is 0.540. The van der Waals surface area contributed by atoms with Gasteiger partial charge in [0.2, 0.25) is 5.89 Å². The van der Waals surface area contributed by atoms with Gasteiger partial charge in [-0.15, -0.1) is 0 Å². The highest BCUT2D eigenvalue weighted by molar-refractivity contribution is 5.79. The Morgan fingerprint density at radius 3 is 2.52 bits per heavy atom. The topological polar surface area (TPSA) is 71.7 Å². The highest BCUT2D eigenvalue weighted by Gasteiger charge is 2.19. The van der Waals surface area contributed by atoms with Crippen LogP contribution in [0.2, 0.25) is 0 Å². The molecule has 158 valence electrons. The van der Waals surface area contributed by atoms with Gasteiger partial charge in [0.1, 0.15) is 11.5 Å². The lowest BCUT2D eigenvalue weighted by atomic mass is 9.94. The Morgan fingerprint density at radius 2 is 1.90 bits per heavy atom. The van der Waals surface area contributed by atoms with Crippen molar-refractivity contribution in [3.8, 4) is 5.75 Å². The molecule has 29 heavy (non-hydrogen) atoms. The van der Waals surface area contributed by atoms with Gasteiger partial charge in [-0.25, -0.2) is 4.98 Å². The van der Waals surface area contributed by atoms with Crippen LogP contribution in [0.25, 0.3) is 0 Å². The zero-order chi connectivity index (χ0) is 20.7. The van der Waals surface area contributed by atoms with E-state index in [0.717, 1.165) is 30.4 Å². The van der Waals surface area contributed by atoms with E-state index in [4.69, 9.17) is 9.15 Å². The minimum Gasteiger partial charge on any atom is -0.490 e. The van der Waals surface area contributed by atoms with E-state index in [1.807, 2.05) is 0 Å². The molecule has 0 radical (unpaired) electrons. The first-order valence-corrected chi connectivity index (χ1v) is 10.6. The van der Waals surface area contributed by atoms with Gasteiger partial charge in [0.05, 0.1) is 18.8 Å². The third-order valence-corrected chi connectivity index (χ3v) is 5.16. The second kappa shape index (κ2) is 9.81. The Morgan fingerprint density at radius 1 is 1.17 bits per heavy atom. The maximum absolute atomic E-state index is 6.03. The lowest BCUT2D eigenvalue weighted by molar-refractivity contribution is 0.210. The molecule has 6 nitrogen and oxygen atoms in total. The fourth-order valence-electron chi connectivity index (χ4n) is 3.38. The van der Waals surface area contributed by atoms with Crippen molar-refractivity contribution in [2.45, 2.75) is 70.9 Å². The highest BCUT2D eigenvalue weighted by Crippen LogP contribution is 2.24. The van der Waals surface area contributed by atoms with Gasteiger partial charge in [0.15, 0.2) is 5.96 Å². The molecule has 0 saturated heterocycles. The number of nitrogens with zero attached hydrogens (tertiary/aromatic N) is 2. The molecule has 6 heteroatoms. The minimum absolute atomic E-state index is 0.0388. The van der Waals surface area contributed by atoms with E-state index in [1.165, 1.54) is 31.2 Å². The molecule has 1 aromatic heterocycles. The second-order valence-electron chi connectivity index (χ2n) is 8.64. The summed E-state index contributed by atoms with van der Waals surface area (Å²) in [5.74, 6) is 3.27. The maximum Gasteiger partial charge on any atom is 0.213 e. The van der Waals surface area contributed by atoms with Crippen LogP contribution in [-0.4, -0.2) is 30.6 Å². The molecule has 1 aromatic carbocycles. The largest absolute Gasteiger partial charge is 0.490 e. The summed E-state index contributed by atoms with van der Waals surface area (Å²) < 4.78 is 11.8. The van der Waals surface area contributed by atoms with Gasteiger partial charge < -0.3 is 19.8 Å². The number of hydrogen-bond donors (Lipinski definition) is 2. The molecule has 1 aliphatic rings. The summed E-state index contributed by atoms with van der Waals surface area (Å²) in [4.78, 5) is 8.60. The lowest BCUT2D eigenvalue weighted by Gasteiger charge is -2.14. The minimum atomic E-state index is -0.0388. The Labute approximate surface area is 174 Å². The van der Waals surface area contributed by atoms with Crippen LogP contribution in [0.4, 0.5) is 0 Å². The molecule has 0 spiro atoms. The zero-order valence-corrected chi connectivity index (χ0v) is 18.1. The smallest absolute Gasteiger partial charge is 0.213 e. The summed E-state index contributed by atoms with van der Waals surface area (Å²) in [7, 11) is 1.76. The van der Waals surface area contributed by atoms with Crippen LogP contribution < -0.4 is 15.4 Å². The molecule has 0 amide bonds. The van der Waals surface area contributed by atoms with Crippen molar-refractivity contribution >= 4 is 5.96 Å². The normalized spacial score (nSPS) is 15.5. The number of hydrogen-bond acceptors (Lipinski definition) is 4. The van der Waals surface area contributed by atoms with Crippen LogP contribution in [0.15, 0.2) is 39.9 Å². The van der Waals surface area contributed by atoms with Gasteiger partial charge >= 0.3 is 0 Å². The SMILES string of the molecule is CN=C(NCCc1ccc(OC2CCCC2)cc1)NCc1ncc(C(C)(C)C)o1. The third kappa shape index (κ3) is 6.51.